The van der Waals surface area contributed by atoms with Crippen LogP contribution >= 0.6 is 0 Å². The molecule has 2 aromatic carbocycles. The zero-order valence-electron chi connectivity index (χ0n) is 29.5. The zero-order chi connectivity index (χ0) is 36.2. The van der Waals surface area contributed by atoms with Crippen molar-refractivity contribution in [3.8, 4) is 23.0 Å². The van der Waals surface area contributed by atoms with Gasteiger partial charge >= 0.3 is 5.97 Å². The van der Waals surface area contributed by atoms with Gasteiger partial charge in [-0.3, -0.25) is 9.59 Å². The van der Waals surface area contributed by atoms with Gasteiger partial charge in [0.05, 0.1) is 20.6 Å². The number of hydrogen-bond donors (Lipinski definition) is 1. The Kier molecular flexibility index (Phi) is 20.8. The maximum Gasteiger partial charge on any atom is 0.336 e. The Morgan fingerprint density at radius 2 is 1.26 bits per heavy atom. The predicted molar refractivity (Wildman–Crippen MR) is 203 cm³/mol. The van der Waals surface area contributed by atoms with E-state index >= 15 is 0 Å². The van der Waals surface area contributed by atoms with Crippen LogP contribution < -0.4 is 14.2 Å². The maximum absolute atomic E-state index is 12.5. The molecule has 1 N–H and O–H groups in total. The van der Waals surface area contributed by atoms with Gasteiger partial charge in [0.2, 0.25) is 0 Å². The van der Waals surface area contributed by atoms with Crippen LogP contribution in [-0.4, -0.2) is 36.9 Å². The lowest BCUT2D eigenvalue weighted by molar-refractivity contribution is -0.129. The first kappa shape index (κ1) is 40.7. The van der Waals surface area contributed by atoms with Crippen LogP contribution in [0.5, 0.6) is 23.0 Å². The van der Waals surface area contributed by atoms with E-state index in [9.17, 15) is 19.5 Å². The van der Waals surface area contributed by atoms with Crippen LogP contribution in [0.3, 0.4) is 0 Å². The smallest absolute Gasteiger partial charge is 0.336 e. The first-order chi connectivity index (χ1) is 24.4. The average Bonchev–Trinajstić information content (AvgIpc) is 3.11. The van der Waals surface area contributed by atoms with E-state index in [-0.39, 0.29) is 23.7 Å². The van der Waals surface area contributed by atoms with Crippen molar-refractivity contribution in [3.05, 3.63) is 133 Å². The molecule has 0 aromatic heterocycles. The summed E-state index contributed by atoms with van der Waals surface area (Å²) in [7, 11) is 2.88. The molecule has 0 saturated carbocycles. The van der Waals surface area contributed by atoms with Gasteiger partial charge in [-0.2, -0.15) is 0 Å². The van der Waals surface area contributed by atoms with Gasteiger partial charge in [-0.25, -0.2) is 4.79 Å². The molecule has 0 saturated heterocycles. The molecule has 0 atom stereocenters. The molecule has 50 heavy (non-hydrogen) atoms. The highest BCUT2D eigenvalue weighted by atomic mass is 16.6. The van der Waals surface area contributed by atoms with Gasteiger partial charge in [-0.1, -0.05) is 137 Å². The van der Waals surface area contributed by atoms with Crippen molar-refractivity contribution >= 4 is 29.7 Å². The standard InChI is InChI=1S/C43H50O7/c1-4-5-6-7-8-9-10-11-12-13-14-15-16-17-18-19-20-21-22-26-42(47)50-43-36(24-23-25-40(43)48-2)29-31-38(45)34-37(44)30-27-35-28-32-39(46)41(33-35)49-3/h12-33,46H,4-11,34H2,1-3H3/b13-12+,15-14+,17-16+,19-18+,21-20+,26-22+,30-27+,31-29-. The van der Waals surface area contributed by atoms with Crippen molar-refractivity contribution in [2.24, 2.45) is 0 Å². The average molecular weight is 679 g/mol. The number of phenols is 1. The predicted octanol–water partition coefficient (Wildman–Crippen LogP) is 10.0. The van der Waals surface area contributed by atoms with E-state index in [0.717, 1.165) is 6.42 Å². The Labute approximate surface area is 297 Å². The summed E-state index contributed by atoms with van der Waals surface area (Å²) in [5.74, 6) is -0.736. The SMILES string of the molecule is CCCCCCCCC/C=C/C=C/C=C/C=C/C=C/C=C/C(=O)Oc1c(/C=C\C(=O)CC(=O)/C=C/c2ccc(O)c(OC)c2)cccc1OC. The molecule has 0 spiro atoms. The van der Waals surface area contributed by atoms with Crippen molar-refractivity contribution in [2.45, 2.75) is 64.7 Å². The van der Waals surface area contributed by atoms with Gasteiger partial charge in [-0.05, 0) is 54.8 Å². The van der Waals surface area contributed by atoms with Crippen molar-refractivity contribution in [1.29, 1.82) is 0 Å². The molecule has 0 fully saturated rings. The Bertz CT molecular complexity index is 1600. The van der Waals surface area contributed by atoms with Crippen LogP contribution in [-0.2, 0) is 14.4 Å². The summed E-state index contributed by atoms with van der Waals surface area (Å²) in [5, 5.41) is 9.71. The largest absolute Gasteiger partial charge is 0.504 e. The van der Waals surface area contributed by atoms with Gasteiger partial charge in [-0.15, -0.1) is 0 Å². The van der Waals surface area contributed by atoms with Crippen LogP contribution in [0.4, 0.5) is 0 Å². The Morgan fingerprint density at radius 3 is 1.92 bits per heavy atom. The summed E-state index contributed by atoms with van der Waals surface area (Å²) in [6.07, 6.45) is 37.9. The first-order valence-electron chi connectivity index (χ1n) is 17.1. The molecule has 0 unspecified atom stereocenters. The molecule has 2 rings (SSSR count). The number of allylic oxidation sites excluding steroid dienone is 13. The molecule has 0 aliphatic heterocycles. The monoisotopic (exact) mass is 678 g/mol. The fourth-order valence-corrected chi connectivity index (χ4v) is 4.57. The minimum atomic E-state index is -0.625. The number of phenolic OH excluding ortho intramolecular Hbond substituents is 1. The molecule has 0 heterocycles. The minimum absolute atomic E-state index is 0.0144. The van der Waals surface area contributed by atoms with Crippen molar-refractivity contribution in [3.63, 3.8) is 0 Å². The Morgan fingerprint density at radius 1 is 0.660 bits per heavy atom. The minimum Gasteiger partial charge on any atom is -0.504 e. The van der Waals surface area contributed by atoms with Crippen molar-refractivity contribution < 1.29 is 33.7 Å². The summed E-state index contributed by atoms with van der Waals surface area (Å²) in [6.45, 7) is 2.24. The van der Waals surface area contributed by atoms with Crippen LogP contribution in [0.25, 0.3) is 12.2 Å². The molecule has 0 aliphatic rings. The summed E-state index contributed by atoms with van der Waals surface area (Å²) >= 11 is 0. The number of hydrogen-bond acceptors (Lipinski definition) is 7. The number of aromatic hydroxyl groups is 1. The van der Waals surface area contributed by atoms with Crippen LogP contribution in [0.1, 0.15) is 75.8 Å². The van der Waals surface area contributed by atoms with Gasteiger partial charge in [0.15, 0.2) is 34.6 Å². The molecular weight excluding hydrogens is 628 g/mol. The number of ketones is 2. The van der Waals surface area contributed by atoms with Crippen LogP contribution in [0, 0.1) is 0 Å². The molecule has 0 radical (unpaired) electrons. The van der Waals surface area contributed by atoms with E-state index in [4.69, 9.17) is 14.2 Å². The van der Waals surface area contributed by atoms with Crippen molar-refractivity contribution in [2.75, 3.05) is 14.2 Å². The molecule has 0 amide bonds. The molecule has 0 aliphatic carbocycles. The number of carbonyl (C=O) groups excluding carboxylic acids is 3. The van der Waals surface area contributed by atoms with Gasteiger partial charge < -0.3 is 19.3 Å². The topological polar surface area (TPSA) is 99.1 Å². The quantitative estimate of drug-likeness (QED) is 0.0312. The third-order valence-corrected chi connectivity index (χ3v) is 7.24. The molecule has 2 aromatic rings. The van der Waals surface area contributed by atoms with Gasteiger partial charge in [0, 0.05) is 11.6 Å². The maximum atomic E-state index is 12.5. The fourth-order valence-electron chi connectivity index (χ4n) is 4.57. The Balaban J connectivity index is 1.81. The second-order valence-corrected chi connectivity index (χ2v) is 11.2. The number of para-hydroxylation sites is 1. The molecule has 0 bridgehead atoms. The second kappa shape index (κ2) is 25.6. The van der Waals surface area contributed by atoms with Gasteiger partial charge in [0.1, 0.15) is 0 Å². The van der Waals surface area contributed by atoms with E-state index < -0.39 is 17.5 Å². The van der Waals surface area contributed by atoms with Crippen molar-refractivity contribution in [1.82, 2.24) is 0 Å². The number of benzene rings is 2. The zero-order valence-corrected chi connectivity index (χ0v) is 29.5. The highest BCUT2D eigenvalue weighted by Crippen LogP contribution is 2.32. The van der Waals surface area contributed by atoms with Crippen LogP contribution in [0.2, 0.25) is 0 Å². The summed E-state index contributed by atoms with van der Waals surface area (Å²) in [4.78, 5) is 37.4. The number of carbonyl (C=O) groups is 3. The van der Waals surface area contributed by atoms with Gasteiger partial charge in [0.25, 0.3) is 0 Å². The molecule has 7 nitrogen and oxygen atoms in total. The highest BCUT2D eigenvalue weighted by Gasteiger charge is 2.13. The lowest BCUT2D eigenvalue weighted by atomic mass is 10.1. The third kappa shape index (κ3) is 17.6. The molecule has 7 heteroatoms. The van der Waals surface area contributed by atoms with Crippen LogP contribution in [0.15, 0.2) is 121 Å². The third-order valence-electron chi connectivity index (χ3n) is 7.24. The normalized spacial score (nSPS) is 12.3. The molecular formula is C43H50O7. The summed E-state index contributed by atoms with van der Waals surface area (Å²) in [5.41, 5.74) is 1.06. The lowest BCUT2D eigenvalue weighted by Crippen LogP contribution is -2.06. The first-order valence-corrected chi connectivity index (χ1v) is 17.1. The molecule has 264 valence electrons. The Hall–Kier alpha value is -5.43. The number of esters is 1. The lowest BCUT2D eigenvalue weighted by Gasteiger charge is -2.10. The van der Waals surface area contributed by atoms with E-state index in [1.54, 1.807) is 48.6 Å². The van der Waals surface area contributed by atoms with E-state index in [0.29, 0.717) is 16.9 Å². The summed E-state index contributed by atoms with van der Waals surface area (Å²) in [6, 6.07) is 9.65. The number of unbranched alkanes of at least 4 members (excludes halogenated alkanes) is 7. The second-order valence-electron chi connectivity index (χ2n) is 11.2. The fraction of sp³-hybridized carbons (Fsp3) is 0.279. The number of methoxy groups -OCH3 is 2. The number of ether oxygens (including phenoxy) is 3. The van der Waals surface area contributed by atoms with E-state index in [1.807, 2.05) is 36.5 Å². The van der Waals surface area contributed by atoms with E-state index in [1.165, 1.54) is 95.6 Å². The highest BCUT2D eigenvalue weighted by molar-refractivity contribution is 6.11. The summed E-state index contributed by atoms with van der Waals surface area (Å²) < 4.78 is 16.0. The van der Waals surface area contributed by atoms with E-state index in [2.05, 4.69) is 19.1 Å². The number of rotatable bonds is 23.